The molecule has 0 saturated carbocycles. The Morgan fingerprint density at radius 3 is 2.26 bits per heavy atom. The number of fused-ring (bicyclic) bond motifs is 1. The van der Waals surface area contributed by atoms with Gasteiger partial charge in [0, 0.05) is 56.5 Å². The predicted octanol–water partition coefficient (Wildman–Crippen LogP) is 3.19. The van der Waals surface area contributed by atoms with Crippen LogP contribution in [-0.4, -0.2) is 76.9 Å². The first-order chi connectivity index (χ1) is 15.2. The molecule has 0 bridgehead atoms. The minimum Gasteiger partial charge on any atom is -0.342 e. The van der Waals surface area contributed by atoms with Crippen LogP contribution < -0.4 is 0 Å². The second-order valence-electron chi connectivity index (χ2n) is 8.99. The lowest BCUT2D eigenvalue weighted by molar-refractivity contribution is -0.133. The molecule has 4 heterocycles. The molecule has 0 unspecified atom stereocenters. The van der Waals surface area contributed by atoms with Gasteiger partial charge in [0.25, 0.3) is 5.91 Å². The molecule has 0 N–H and O–H groups in total. The van der Waals surface area contributed by atoms with Crippen LogP contribution in [0.25, 0.3) is 5.00 Å². The summed E-state index contributed by atoms with van der Waals surface area (Å²) >= 11 is 1.79. The summed E-state index contributed by atoms with van der Waals surface area (Å²) in [4.78, 5) is 33.9. The van der Waals surface area contributed by atoms with Crippen LogP contribution in [0.4, 0.5) is 0 Å². The lowest BCUT2D eigenvalue weighted by atomic mass is 9.95. The Hall–Kier alpha value is -2.12. The van der Waals surface area contributed by atoms with Crippen LogP contribution in [0, 0.1) is 0 Å². The van der Waals surface area contributed by atoms with E-state index in [1.807, 2.05) is 34.3 Å². The number of piperazine rings is 1. The van der Waals surface area contributed by atoms with Crippen LogP contribution in [-0.2, 0) is 17.6 Å². The summed E-state index contributed by atoms with van der Waals surface area (Å²) in [6.07, 6.45) is 12.1. The molecule has 0 radical (unpaired) electrons. The SMILES string of the molecule is O=C(CN1CCN(C(=O)c2c(-n3cccc3)sc3c2CCCC3)CC1)N1CCCCC1. The minimum atomic E-state index is 0.171. The molecule has 0 atom stereocenters. The number of amides is 2. The molecular formula is C24H32N4O2S. The summed E-state index contributed by atoms with van der Waals surface area (Å²) in [5, 5.41) is 1.07. The normalized spacial score (nSPS) is 20.0. The zero-order valence-electron chi connectivity index (χ0n) is 18.2. The standard InChI is InChI=1S/C24H32N4O2S/c29-21(26-10-4-1-5-11-26)18-25-14-16-27(17-15-25)23(30)22-19-8-2-3-9-20(19)31-24(22)28-12-6-7-13-28/h6-7,12-13H,1-5,8-11,14-18H2. The van der Waals surface area contributed by atoms with Crippen LogP contribution >= 0.6 is 11.3 Å². The molecule has 6 nitrogen and oxygen atoms in total. The van der Waals surface area contributed by atoms with Crippen molar-refractivity contribution in [2.75, 3.05) is 45.8 Å². The van der Waals surface area contributed by atoms with Crippen molar-refractivity contribution >= 4 is 23.2 Å². The van der Waals surface area contributed by atoms with Crippen LogP contribution in [0.2, 0.25) is 0 Å². The third kappa shape index (κ3) is 4.30. The second kappa shape index (κ2) is 9.17. The average Bonchev–Trinajstić information content (AvgIpc) is 3.47. The minimum absolute atomic E-state index is 0.171. The van der Waals surface area contributed by atoms with E-state index in [2.05, 4.69) is 9.47 Å². The van der Waals surface area contributed by atoms with Crippen molar-refractivity contribution in [3.05, 3.63) is 40.5 Å². The van der Waals surface area contributed by atoms with Gasteiger partial charge in [-0.2, -0.15) is 0 Å². The Morgan fingerprint density at radius 1 is 0.806 bits per heavy atom. The molecule has 166 valence electrons. The van der Waals surface area contributed by atoms with E-state index in [-0.39, 0.29) is 11.8 Å². The van der Waals surface area contributed by atoms with E-state index in [4.69, 9.17) is 0 Å². The number of carbonyl (C=O) groups is 2. The van der Waals surface area contributed by atoms with E-state index in [9.17, 15) is 9.59 Å². The molecule has 1 aliphatic carbocycles. The van der Waals surface area contributed by atoms with Crippen LogP contribution in [0.1, 0.15) is 52.9 Å². The Kier molecular flexibility index (Phi) is 6.14. The Bertz CT molecular complexity index is 922. The third-order valence-corrected chi connectivity index (χ3v) is 8.24. The summed E-state index contributed by atoms with van der Waals surface area (Å²) in [5.74, 6) is 0.423. The highest BCUT2D eigenvalue weighted by atomic mass is 32.1. The predicted molar refractivity (Wildman–Crippen MR) is 123 cm³/mol. The number of aromatic nitrogens is 1. The molecule has 2 fully saturated rings. The number of thiophene rings is 1. The molecule has 2 amide bonds. The van der Waals surface area contributed by atoms with Gasteiger partial charge in [0.15, 0.2) is 0 Å². The lowest BCUT2D eigenvalue weighted by Crippen LogP contribution is -2.52. The number of hydrogen-bond donors (Lipinski definition) is 0. The fraction of sp³-hybridized carbons (Fsp3) is 0.583. The van der Waals surface area contributed by atoms with Crippen LogP contribution in [0.3, 0.4) is 0 Å². The number of rotatable bonds is 4. The third-order valence-electron chi connectivity index (χ3n) is 6.93. The highest BCUT2D eigenvalue weighted by Crippen LogP contribution is 2.37. The molecule has 5 rings (SSSR count). The summed E-state index contributed by atoms with van der Waals surface area (Å²) < 4.78 is 2.10. The topological polar surface area (TPSA) is 48.8 Å². The number of hydrogen-bond acceptors (Lipinski definition) is 4. The monoisotopic (exact) mass is 440 g/mol. The number of carbonyl (C=O) groups excluding carboxylic acids is 2. The van der Waals surface area contributed by atoms with Gasteiger partial charge in [0.2, 0.25) is 5.91 Å². The van der Waals surface area contributed by atoms with E-state index >= 15 is 0 Å². The molecule has 7 heteroatoms. The van der Waals surface area contributed by atoms with Gasteiger partial charge in [-0.1, -0.05) is 0 Å². The van der Waals surface area contributed by atoms with Crippen molar-refractivity contribution in [1.82, 2.24) is 19.3 Å². The Labute approximate surface area is 188 Å². The molecule has 2 aromatic heterocycles. The van der Waals surface area contributed by atoms with Gasteiger partial charge in [-0.05, 0) is 62.6 Å². The van der Waals surface area contributed by atoms with Gasteiger partial charge >= 0.3 is 0 Å². The van der Waals surface area contributed by atoms with Crippen molar-refractivity contribution in [3.63, 3.8) is 0 Å². The number of likely N-dealkylation sites (tertiary alicyclic amines) is 1. The number of piperidine rings is 1. The van der Waals surface area contributed by atoms with Crippen molar-refractivity contribution in [2.24, 2.45) is 0 Å². The van der Waals surface area contributed by atoms with Gasteiger partial charge in [0.05, 0.1) is 12.1 Å². The number of aryl methyl sites for hydroxylation is 1. The van der Waals surface area contributed by atoms with Crippen LogP contribution in [0.15, 0.2) is 24.5 Å². The Morgan fingerprint density at radius 2 is 1.52 bits per heavy atom. The molecule has 2 aliphatic heterocycles. The van der Waals surface area contributed by atoms with Gasteiger partial charge in [-0.3, -0.25) is 14.5 Å². The van der Waals surface area contributed by atoms with Gasteiger partial charge in [-0.15, -0.1) is 11.3 Å². The zero-order chi connectivity index (χ0) is 21.2. The first-order valence-corrected chi connectivity index (χ1v) is 12.6. The van der Waals surface area contributed by atoms with Gasteiger partial charge in [0.1, 0.15) is 5.00 Å². The van der Waals surface area contributed by atoms with Crippen molar-refractivity contribution in [1.29, 1.82) is 0 Å². The summed E-state index contributed by atoms with van der Waals surface area (Å²) in [5.41, 5.74) is 2.21. The molecule has 0 aromatic carbocycles. The summed E-state index contributed by atoms with van der Waals surface area (Å²) in [6.45, 7) is 5.24. The van der Waals surface area contributed by atoms with E-state index in [1.54, 1.807) is 11.3 Å². The van der Waals surface area contributed by atoms with E-state index in [0.717, 1.165) is 62.4 Å². The summed E-state index contributed by atoms with van der Waals surface area (Å²) in [6, 6.07) is 4.04. The maximum atomic E-state index is 13.7. The molecule has 3 aliphatic rings. The van der Waals surface area contributed by atoms with Crippen molar-refractivity contribution < 1.29 is 9.59 Å². The van der Waals surface area contributed by atoms with E-state index in [1.165, 1.54) is 29.7 Å². The van der Waals surface area contributed by atoms with E-state index < -0.39 is 0 Å². The average molecular weight is 441 g/mol. The molecule has 2 saturated heterocycles. The first-order valence-electron chi connectivity index (χ1n) is 11.8. The molecular weight excluding hydrogens is 408 g/mol. The maximum absolute atomic E-state index is 13.7. The number of nitrogens with zero attached hydrogens (tertiary/aromatic N) is 4. The summed E-state index contributed by atoms with van der Waals surface area (Å²) in [7, 11) is 0. The fourth-order valence-electron chi connectivity index (χ4n) is 5.13. The maximum Gasteiger partial charge on any atom is 0.257 e. The molecule has 31 heavy (non-hydrogen) atoms. The molecule has 2 aromatic rings. The highest BCUT2D eigenvalue weighted by molar-refractivity contribution is 7.15. The van der Waals surface area contributed by atoms with Gasteiger partial charge in [-0.25, -0.2) is 0 Å². The quantitative estimate of drug-likeness (QED) is 0.734. The Balaban J connectivity index is 1.27. The lowest BCUT2D eigenvalue weighted by Gasteiger charge is -2.36. The van der Waals surface area contributed by atoms with Crippen molar-refractivity contribution in [2.45, 2.75) is 44.9 Å². The smallest absolute Gasteiger partial charge is 0.257 e. The second-order valence-corrected chi connectivity index (χ2v) is 10.1. The van der Waals surface area contributed by atoms with Crippen molar-refractivity contribution in [3.8, 4) is 5.00 Å². The fourth-order valence-corrected chi connectivity index (χ4v) is 6.47. The first kappa shape index (κ1) is 20.8. The zero-order valence-corrected chi connectivity index (χ0v) is 19.0. The van der Waals surface area contributed by atoms with Gasteiger partial charge < -0.3 is 14.4 Å². The molecule has 0 spiro atoms. The highest BCUT2D eigenvalue weighted by Gasteiger charge is 2.31. The van der Waals surface area contributed by atoms with Crippen LogP contribution in [0.5, 0.6) is 0 Å². The largest absolute Gasteiger partial charge is 0.342 e. The van der Waals surface area contributed by atoms with E-state index in [0.29, 0.717) is 19.6 Å².